The molecule has 2 fully saturated rings. The minimum Gasteiger partial charge on any atom is -0.477 e. The average molecular weight is 445 g/mol. The van der Waals surface area contributed by atoms with Crippen molar-refractivity contribution in [2.75, 3.05) is 19.0 Å². The van der Waals surface area contributed by atoms with E-state index in [0.717, 1.165) is 24.3 Å². The monoisotopic (exact) mass is 444 g/mol. The van der Waals surface area contributed by atoms with Gasteiger partial charge in [0, 0.05) is 31.2 Å². The molecule has 3 aromatic rings. The first-order valence-corrected chi connectivity index (χ1v) is 11.4. The number of anilines is 1. The Morgan fingerprint density at radius 1 is 1.35 bits per heavy atom. The van der Waals surface area contributed by atoms with E-state index in [1.165, 1.54) is 53.9 Å². The standard InChI is InChI=1S/C11H15NOS.C10H13N5O2/c1-2-8(3-1)6-13-11-10(7-14-12-11)9-4-5-9;1-15-8(5-7(14-15)6-17-2)10(16)12-9-3-4-11-13-9/h7-9H,1-6H2;3-5H,6H2,1-2H3,(H2,11,12,13,16). The number of hydrogen-bond acceptors (Lipinski definition) is 7. The number of methoxy groups -OCH3 is 1. The molecule has 0 saturated heterocycles. The highest BCUT2D eigenvalue weighted by molar-refractivity contribution is 7.03. The van der Waals surface area contributed by atoms with E-state index in [1.807, 2.05) is 0 Å². The van der Waals surface area contributed by atoms with Crippen LogP contribution >= 0.6 is 11.5 Å². The number of carbonyl (C=O) groups is 1. The number of carbonyl (C=O) groups excluding carboxylic acids is 1. The average Bonchev–Trinajstić information content (AvgIpc) is 3.09. The molecule has 0 spiro atoms. The van der Waals surface area contributed by atoms with Crippen LogP contribution in [0.15, 0.2) is 23.7 Å². The van der Waals surface area contributed by atoms with E-state index in [2.05, 4.69) is 30.4 Å². The normalized spacial score (nSPS) is 15.7. The van der Waals surface area contributed by atoms with Crippen LogP contribution in [0.3, 0.4) is 0 Å². The number of nitrogens with one attached hydrogen (secondary N) is 2. The number of hydrogen-bond donors (Lipinski definition) is 2. The van der Waals surface area contributed by atoms with E-state index in [-0.39, 0.29) is 5.91 Å². The second kappa shape index (κ2) is 10.1. The van der Waals surface area contributed by atoms with E-state index in [9.17, 15) is 4.79 Å². The molecular weight excluding hydrogens is 416 g/mol. The van der Waals surface area contributed by atoms with Gasteiger partial charge in [-0.25, -0.2) is 0 Å². The van der Waals surface area contributed by atoms with E-state index >= 15 is 0 Å². The molecule has 2 saturated carbocycles. The Balaban J connectivity index is 0.000000151. The number of ether oxygens (including phenoxy) is 2. The van der Waals surface area contributed by atoms with Gasteiger partial charge >= 0.3 is 0 Å². The fraction of sp³-hybridized carbons (Fsp3) is 0.524. The summed E-state index contributed by atoms with van der Waals surface area (Å²) in [7, 11) is 3.29. The van der Waals surface area contributed by atoms with Gasteiger partial charge in [-0.15, -0.1) is 0 Å². The van der Waals surface area contributed by atoms with Gasteiger partial charge in [-0.3, -0.25) is 14.6 Å². The van der Waals surface area contributed by atoms with Crippen LogP contribution in [0.25, 0.3) is 0 Å². The second-order valence-electron chi connectivity index (χ2n) is 7.96. The summed E-state index contributed by atoms with van der Waals surface area (Å²) in [6, 6.07) is 3.36. The fourth-order valence-corrected chi connectivity index (χ4v) is 4.05. The Bertz CT molecular complexity index is 975. The molecule has 2 aliphatic carbocycles. The highest BCUT2D eigenvalue weighted by Crippen LogP contribution is 2.44. The molecule has 3 heterocycles. The summed E-state index contributed by atoms with van der Waals surface area (Å²) in [5.41, 5.74) is 2.55. The van der Waals surface area contributed by atoms with Gasteiger partial charge in [0.25, 0.3) is 5.91 Å². The Morgan fingerprint density at radius 2 is 2.19 bits per heavy atom. The molecule has 0 bridgehead atoms. The molecule has 2 aliphatic rings. The predicted octanol–water partition coefficient (Wildman–Crippen LogP) is 3.74. The summed E-state index contributed by atoms with van der Waals surface area (Å²) >= 11 is 1.54. The Hall–Kier alpha value is -2.72. The van der Waals surface area contributed by atoms with Crippen molar-refractivity contribution in [3.05, 3.63) is 40.7 Å². The zero-order chi connectivity index (χ0) is 21.6. The van der Waals surface area contributed by atoms with Crippen molar-refractivity contribution in [2.24, 2.45) is 13.0 Å². The lowest BCUT2D eigenvalue weighted by atomic mass is 9.86. The van der Waals surface area contributed by atoms with Crippen LogP contribution in [0.4, 0.5) is 5.82 Å². The number of aromatic nitrogens is 5. The van der Waals surface area contributed by atoms with Crippen molar-refractivity contribution >= 4 is 23.3 Å². The third kappa shape index (κ3) is 5.71. The maximum atomic E-state index is 11.9. The summed E-state index contributed by atoms with van der Waals surface area (Å²) in [4.78, 5) is 11.9. The lowest BCUT2D eigenvalue weighted by Crippen LogP contribution is -2.19. The maximum absolute atomic E-state index is 11.9. The minimum atomic E-state index is -0.244. The van der Waals surface area contributed by atoms with Crippen LogP contribution in [-0.2, 0) is 18.4 Å². The van der Waals surface area contributed by atoms with E-state index in [4.69, 9.17) is 9.47 Å². The third-order valence-corrected chi connectivity index (χ3v) is 6.09. The number of nitrogens with zero attached hydrogens (tertiary/aromatic N) is 4. The third-order valence-electron chi connectivity index (χ3n) is 5.46. The smallest absolute Gasteiger partial charge is 0.275 e. The summed E-state index contributed by atoms with van der Waals surface area (Å²) < 4.78 is 16.6. The van der Waals surface area contributed by atoms with E-state index < -0.39 is 0 Å². The number of amides is 1. The first-order valence-electron chi connectivity index (χ1n) is 10.5. The van der Waals surface area contributed by atoms with E-state index in [0.29, 0.717) is 23.8 Å². The molecule has 166 valence electrons. The number of H-pyrrole nitrogens is 1. The van der Waals surface area contributed by atoms with Crippen molar-refractivity contribution in [3.63, 3.8) is 0 Å². The summed E-state index contributed by atoms with van der Waals surface area (Å²) in [5, 5.41) is 15.4. The van der Waals surface area contributed by atoms with Crippen LogP contribution in [0.1, 0.15) is 59.8 Å². The molecule has 0 atom stereocenters. The van der Waals surface area contributed by atoms with Gasteiger partial charge in [0.15, 0.2) is 0 Å². The van der Waals surface area contributed by atoms with Crippen molar-refractivity contribution in [2.45, 2.75) is 44.6 Å². The SMILES string of the molecule is COCc1cc(C(=O)Nc2ccn[nH]2)n(C)n1.c1snc(OCC2CCC2)c1C1CC1. The maximum Gasteiger partial charge on any atom is 0.275 e. The highest BCUT2D eigenvalue weighted by Gasteiger charge is 2.29. The highest BCUT2D eigenvalue weighted by atomic mass is 32.1. The van der Waals surface area contributed by atoms with Gasteiger partial charge in [-0.2, -0.15) is 14.6 Å². The van der Waals surface area contributed by atoms with Crippen LogP contribution in [0, 0.1) is 5.92 Å². The van der Waals surface area contributed by atoms with Crippen molar-refractivity contribution in [3.8, 4) is 5.88 Å². The van der Waals surface area contributed by atoms with Crippen molar-refractivity contribution < 1.29 is 14.3 Å². The number of aromatic amines is 1. The molecule has 0 aliphatic heterocycles. The molecular formula is C21H28N6O3S. The first-order chi connectivity index (χ1) is 15.1. The number of aryl methyl sites for hydroxylation is 1. The zero-order valence-electron chi connectivity index (χ0n) is 17.8. The van der Waals surface area contributed by atoms with Gasteiger partial charge in [0.05, 0.1) is 25.1 Å². The van der Waals surface area contributed by atoms with Crippen LogP contribution in [0.2, 0.25) is 0 Å². The summed E-state index contributed by atoms with van der Waals surface area (Å²) in [5.74, 6) is 2.81. The Labute approximate surface area is 185 Å². The van der Waals surface area contributed by atoms with Crippen molar-refractivity contribution in [1.82, 2.24) is 24.4 Å². The molecule has 0 aromatic carbocycles. The second-order valence-corrected chi connectivity index (χ2v) is 8.59. The lowest BCUT2D eigenvalue weighted by molar-refractivity contribution is 0.101. The molecule has 31 heavy (non-hydrogen) atoms. The van der Waals surface area contributed by atoms with E-state index in [1.54, 1.807) is 32.5 Å². The largest absolute Gasteiger partial charge is 0.477 e. The number of rotatable bonds is 8. The van der Waals surface area contributed by atoms with Gasteiger partial charge in [-0.1, -0.05) is 6.42 Å². The lowest BCUT2D eigenvalue weighted by Gasteiger charge is -2.24. The van der Waals surface area contributed by atoms with Crippen molar-refractivity contribution in [1.29, 1.82) is 0 Å². The molecule has 9 nitrogen and oxygen atoms in total. The molecule has 0 radical (unpaired) electrons. The van der Waals surface area contributed by atoms with Gasteiger partial charge in [0.1, 0.15) is 11.5 Å². The van der Waals surface area contributed by atoms with Gasteiger partial charge in [-0.05, 0) is 55.1 Å². The molecule has 5 rings (SSSR count). The fourth-order valence-electron chi connectivity index (χ4n) is 3.33. The molecule has 3 aromatic heterocycles. The minimum absolute atomic E-state index is 0.244. The molecule has 0 unspecified atom stereocenters. The Kier molecular flexibility index (Phi) is 6.98. The quantitative estimate of drug-likeness (QED) is 0.548. The predicted molar refractivity (Wildman–Crippen MR) is 117 cm³/mol. The summed E-state index contributed by atoms with van der Waals surface area (Å²) in [6.07, 6.45) is 8.32. The van der Waals surface area contributed by atoms with Gasteiger partial charge < -0.3 is 14.8 Å². The van der Waals surface area contributed by atoms with Crippen LogP contribution in [0.5, 0.6) is 5.88 Å². The van der Waals surface area contributed by atoms with Gasteiger partial charge in [0.2, 0.25) is 5.88 Å². The molecule has 2 N–H and O–H groups in total. The topological polar surface area (TPSA) is 107 Å². The van der Waals surface area contributed by atoms with Crippen LogP contribution < -0.4 is 10.1 Å². The molecule has 10 heteroatoms. The van der Waals surface area contributed by atoms with Crippen LogP contribution in [-0.4, -0.2) is 44.0 Å². The Morgan fingerprint density at radius 3 is 2.84 bits per heavy atom. The first kappa shape index (κ1) is 21.5. The summed E-state index contributed by atoms with van der Waals surface area (Å²) in [6.45, 7) is 1.27. The molecule has 1 amide bonds. The zero-order valence-corrected chi connectivity index (χ0v) is 18.7.